The predicted molar refractivity (Wildman–Crippen MR) is 75.0 cm³/mol. The normalized spacial score (nSPS) is 9.62. The second-order valence-corrected chi connectivity index (χ2v) is 3.96. The molecule has 0 radical (unpaired) electrons. The Morgan fingerprint density at radius 3 is 2.52 bits per heavy atom. The summed E-state index contributed by atoms with van der Waals surface area (Å²) in [4.78, 5) is 34.2. The lowest BCUT2D eigenvalue weighted by Crippen LogP contribution is -2.37. The monoisotopic (exact) mass is 294 g/mol. The molecule has 1 aromatic carbocycles. The first-order chi connectivity index (χ1) is 10.1. The Morgan fingerprint density at radius 1 is 1.14 bits per heavy atom. The minimum absolute atomic E-state index is 0.164. The minimum Gasteiger partial charge on any atom is -0.493 e. The quantitative estimate of drug-likeness (QED) is 0.696. The maximum absolute atomic E-state index is 11.9. The Bertz CT molecular complexity index is 516. The Hall–Kier alpha value is -2.57. The molecule has 7 heteroatoms. The van der Waals surface area contributed by atoms with Gasteiger partial charge in [0.05, 0.1) is 13.2 Å². The van der Waals surface area contributed by atoms with Gasteiger partial charge in [0.1, 0.15) is 11.3 Å². The largest absolute Gasteiger partial charge is 0.493 e. The fourth-order valence-corrected chi connectivity index (χ4v) is 1.44. The summed E-state index contributed by atoms with van der Waals surface area (Å²) in [5.74, 6) is -1.15. The first-order valence-electron chi connectivity index (χ1n) is 6.44. The lowest BCUT2D eigenvalue weighted by atomic mass is 10.2. The van der Waals surface area contributed by atoms with Crippen molar-refractivity contribution in [2.75, 3.05) is 26.8 Å². The van der Waals surface area contributed by atoms with Gasteiger partial charge in [-0.1, -0.05) is 12.1 Å². The van der Waals surface area contributed by atoms with Gasteiger partial charge in [-0.05, 0) is 19.1 Å². The van der Waals surface area contributed by atoms with Crippen LogP contribution in [-0.2, 0) is 14.3 Å². The van der Waals surface area contributed by atoms with Gasteiger partial charge in [-0.25, -0.2) is 4.79 Å². The number of benzene rings is 1. The number of para-hydroxylation sites is 1. The number of carbonyl (C=O) groups excluding carboxylic acids is 3. The van der Waals surface area contributed by atoms with E-state index >= 15 is 0 Å². The average Bonchev–Trinajstić information content (AvgIpc) is 2.51. The van der Waals surface area contributed by atoms with Gasteiger partial charge < -0.3 is 20.1 Å². The van der Waals surface area contributed by atoms with E-state index in [-0.39, 0.29) is 18.0 Å². The minimum atomic E-state index is -0.658. The summed E-state index contributed by atoms with van der Waals surface area (Å²) < 4.78 is 10.2. The van der Waals surface area contributed by atoms with E-state index in [1.807, 2.05) is 0 Å². The Labute approximate surface area is 122 Å². The van der Waals surface area contributed by atoms with Gasteiger partial charge in [-0.15, -0.1) is 0 Å². The molecule has 7 nitrogen and oxygen atoms in total. The molecular formula is C14H18N2O5. The maximum atomic E-state index is 11.9. The second kappa shape index (κ2) is 8.57. The highest BCUT2D eigenvalue weighted by atomic mass is 16.5. The molecule has 0 aromatic heterocycles. The van der Waals surface area contributed by atoms with Crippen LogP contribution >= 0.6 is 0 Å². The fourth-order valence-electron chi connectivity index (χ4n) is 1.44. The molecule has 0 spiro atoms. The van der Waals surface area contributed by atoms with Crippen LogP contribution in [0.15, 0.2) is 24.3 Å². The van der Waals surface area contributed by atoms with Crippen molar-refractivity contribution in [2.24, 2.45) is 0 Å². The summed E-state index contributed by atoms with van der Waals surface area (Å²) in [5.41, 5.74) is 0.249. The van der Waals surface area contributed by atoms with Crippen LogP contribution in [0.3, 0.4) is 0 Å². The number of nitrogens with one attached hydrogen (secondary N) is 2. The smallest absolute Gasteiger partial charge is 0.342 e. The molecule has 0 unspecified atom stereocenters. The van der Waals surface area contributed by atoms with E-state index in [2.05, 4.69) is 10.6 Å². The van der Waals surface area contributed by atoms with Gasteiger partial charge in [0, 0.05) is 7.05 Å². The van der Waals surface area contributed by atoms with Gasteiger partial charge in [0.2, 0.25) is 5.91 Å². The van der Waals surface area contributed by atoms with Gasteiger partial charge in [0.15, 0.2) is 6.61 Å². The molecule has 0 bridgehead atoms. The molecule has 114 valence electrons. The van der Waals surface area contributed by atoms with Gasteiger partial charge in [-0.2, -0.15) is 0 Å². The highest BCUT2D eigenvalue weighted by Crippen LogP contribution is 2.18. The standard InChI is InChI=1S/C14H18N2O5/c1-3-20-11-7-5-4-6-10(11)14(19)21-9-13(18)16-8-12(17)15-2/h4-7H,3,8-9H2,1-2H3,(H,15,17)(H,16,18). The zero-order valence-corrected chi connectivity index (χ0v) is 12.0. The molecule has 0 atom stereocenters. The van der Waals surface area contributed by atoms with Crippen molar-refractivity contribution in [1.82, 2.24) is 10.6 Å². The number of likely N-dealkylation sites (N-methyl/N-ethyl adjacent to an activating group) is 1. The summed E-state index contributed by atoms with van der Waals surface area (Å²) in [6, 6.07) is 6.60. The average molecular weight is 294 g/mol. The fraction of sp³-hybridized carbons (Fsp3) is 0.357. The topological polar surface area (TPSA) is 93.7 Å². The first-order valence-corrected chi connectivity index (χ1v) is 6.44. The van der Waals surface area contributed by atoms with Crippen molar-refractivity contribution in [3.63, 3.8) is 0 Å². The molecule has 0 saturated heterocycles. The molecule has 0 aliphatic heterocycles. The summed E-state index contributed by atoms with van der Waals surface area (Å²) in [6.07, 6.45) is 0. The summed E-state index contributed by atoms with van der Waals surface area (Å²) in [7, 11) is 1.46. The highest BCUT2D eigenvalue weighted by Gasteiger charge is 2.15. The third-order valence-electron chi connectivity index (χ3n) is 2.47. The van der Waals surface area contributed by atoms with Crippen LogP contribution in [0.2, 0.25) is 0 Å². The van der Waals surface area contributed by atoms with Crippen molar-refractivity contribution in [2.45, 2.75) is 6.92 Å². The van der Waals surface area contributed by atoms with E-state index in [0.29, 0.717) is 12.4 Å². The van der Waals surface area contributed by atoms with Crippen molar-refractivity contribution in [1.29, 1.82) is 0 Å². The molecule has 0 aliphatic carbocycles. The molecular weight excluding hydrogens is 276 g/mol. The van der Waals surface area contributed by atoms with Crippen LogP contribution in [0.1, 0.15) is 17.3 Å². The Morgan fingerprint density at radius 2 is 1.86 bits per heavy atom. The number of carbonyl (C=O) groups is 3. The summed E-state index contributed by atoms with van der Waals surface area (Å²) >= 11 is 0. The van der Waals surface area contributed by atoms with E-state index in [9.17, 15) is 14.4 Å². The Balaban J connectivity index is 2.50. The number of rotatable bonds is 7. The number of ether oxygens (including phenoxy) is 2. The van der Waals surface area contributed by atoms with Crippen LogP contribution in [0, 0.1) is 0 Å². The lowest BCUT2D eigenvalue weighted by molar-refractivity contribution is -0.127. The number of amides is 2. The zero-order chi connectivity index (χ0) is 15.7. The number of hydrogen-bond donors (Lipinski definition) is 2. The number of esters is 1. The van der Waals surface area contributed by atoms with E-state index < -0.39 is 18.5 Å². The summed E-state index contributed by atoms with van der Waals surface area (Å²) in [5, 5.41) is 4.68. The van der Waals surface area contributed by atoms with Crippen molar-refractivity contribution in [3.05, 3.63) is 29.8 Å². The molecule has 1 rings (SSSR count). The molecule has 0 saturated carbocycles. The molecule has 21 heavy (non-hydrogen) atoms. The zero-order valence-electron chi connectivity index (χ0n) is 12.0. The van der Waals surface area contributed by atoms with Crippen molar-refractivity contribution >= 4 is 17.8 Å². The van der Waals surface area contributed by atoms with Crippen LogP contribution in [-0.4, -0.2) is 44.6 Å². The SMILES string of the molecule is CCOc1ccccc1C(=O)OCC(=O)NCC(=O)NC. The molecule has 0 aliphatic rings. The third-order valence-corrected chi connectivity index (χ3v) is 2.47. The highest BCUT2D eigenvalue weighted by molar-refractivity contribution is 5.94. The molecule has 1 aromatic rings. The number of hydrogen-bond acceptors (Lipinski definition) is 5. The van der Waals surface area contributed by atoms with E-state index in [4.69, 9.17) is 9.47 Å². The Kier molecular flexibility index (Phi) is 6.73. The summed E-state index contributed by atoms with van der Waals surface area (Å²) in [6.45, 7) is 1.59. The van der Waals surface area contributed by atoms with Gasteiger partial charge >= 0.3 is 5.97 Å². The third kappa shape index (κ3) is 5.52. The van der Waals surface area contributed by atoms with Gasteiger partial charge in [0.25, 0.3) is 5.91 Å². The van der Waals surface area contributed by atoms with E-state index in [0.717, 1.165) is 0 Å². The van der Waals surface area contributed by atoms with Crippen molar-refractivity contribution < 1.29 is 23.9 Å². The molecule has 2 amide bonds. The maximum Gasteiger partial charge on any atom is 0.342 e. The predicted octanol–water partition coefficient (Wildman–Crippen LogP) is 0.104. The van der Waals surface area contributed by atoms with Crippen LogP contribution in [0.5, 0.6) is 5.75 Å². The van der Waals surface area contributed by atoms with E-state index in [1.54, 1.807) is 31.2 Å². The lowest BCUT2D eigenvalue weighted by Gasteiger charge is -2.09. The molecule has 0 heterocycles. The van der Waals surface area contributed by atoms with Crippen LogP contribution in [0.4, 0.5) is 0 Å². The molecule has 2 N–H and O–H groups in total. The van der Waals surface area contributed by atoms with Crippen molar-refractivity contribution in [3.8, 4) is 5.75 Å². The van der Waals surface area contributed by atoms with Gasteiger partial charge in [-0.3, -0.25) is 9.59 Å². The molecule has 0 fully saturated rings. The first kappa shape index (κ1) is 16.5. The second-order valence-electron chi connectivity index (χ2n) is 3.96. The van der Waals surface area contributed by atoms with Crippen LogP contribution in [0.25, 0.3) is 0 Å². The van der Waals surface area contributed by atoms with Crippen LogP contribution < -0.4 is 15.4 Å². The van der Waals surface area contributed by atoms with E-state index in [1.165, 1.54) is 7.05 Å².